The average molecular weight is 470 g/mol. The zero-order valence-corrected chi connectivity index (χ0v) is 18.8. The SMILES string of the molecule is Cc1cc[nH]c1C(=O)NCc1ccccc1CNC(=O)Cc1cn2cc(Cl)cc(Cl)c2n1. The maximum Gasteiger partial charge on any atom is 0.268 e. The molecular weight excluding hydrogens is 449 g/mol. The zero-order chi connectivity index (χ0) is 22.7. The molecule has 4 rings (SSSR count). The fourth-order valence-corrected chi connectivity index (χ4v) is 3.97. The number of aromatic nitrogens is 3. The van der Waals surface area contributed by atoms with Gasteiger partial charge in [0, 0.05) is 31.7 Å². The van der Waals surface area contributed by atoms with Crippen LogP contribution in [-0.2, 0) is 24.3 Å². The van der Waals surface area contributed by atoms with Crippen molar-refractivity contribution in [3.05, 3.63) is 93.1 Å². The van der Waals surface area contributed by atoms with E-state index in [4.69, 9.17) is 23.2 Å². The summed E-state index contributed by atoms with van der Waals surface area (Å²) in [4.78, 5) is 32.2. The number of hydrogen-bond donors (Lipinski definition) is 3. The molecule has 0 unspecified atom stereocenters. The lowest BCUT2D eigenvalue weighted by Crippen LogP contribution is -2.27. The Kier molecular flexibility index (Phi) is 6.48. The zero-order valence-electron chi connectivity index (χ0n) is 17.3. The number of rotatable bonds is 7. The number of benzene rings is 1. The van der Waals surface area contributed by atoms with Gasteiger partial charge in [-0.2, -0.15) is 0 Å². The highest BCUT2D eigenvalue weighted by atomic mass is 35.5. The highest BCUT2D eigenvalue weighted by Gasteiger charge is 2.13. The minimum atomic E-state index is -0.170. The number of carbonyl (C=O) groups excluding carboxylic acids is 2. The van der Waals surface area contributed by atoms with E-state index in [9.17, 15) is 9.59 Å². The largest absolute Gasteiger partial charge is 0.357 e. The third-order valence-corrected chi connectivity index (χ3v) is 5.57. The van der Waals surface area contributed by atoms with Crippen molar-refractivity contribution in [2.75, 3.05) is 0 Å². The number of carbonyl (C=O) groups is 2. The Morgan fingerprint density at radius 1 is 1.06 bits per heavy atom. The summed E-state index contributed by atoms with van der Waals surface area (Å²) in [6, 6.07) is 11.1. The van der Waals surface area contributed by atoms with E-state index in [1.165, 1.54) is 0 Å². The second kappa shape index (κ2) is 9.46. The van der Waals surface area contributed by atoms with Crippen LogP contribution in [0.1, 0.15) is 32.9 Å². The standard InChI is InChI=1S/C23H21Cl2N5O2/c1-14-6-7-26-21(14)23(32)28-11-16-5-3-2-4-15(16)10-27-20(31)9-18-13-30-12-17(24)8-19(25)22(30)29-18/h2-8,12-13,26H,9-11H2,1H3,(H,27,31)(H,28,32). The molecule has 0 atom stereocenters. The topological polar surface area (TPSA) is 91.3 Å². The van der Waals surface area contributed by atoms with Crippen molar-refractivity contribution in [2.24, 2.45) is 0 Å². The molecule has 2 amide bonds. The van der Waals surface area contributed by atoms with Gasteiger partial charge in [-0.05, 0) is 35.7 Å². The Labute approximate surface area is 194 Å². The van der Waals surface area contributed by atoms with Crippen LogP contribution in [0.2, 0.25) is 10.0 Å². The maximum atomic E-state index is 12.5. The lowest BCUT2D eigenvalue weighted by Gasteiger charge is -2.11. The lowest BCUT2D eigenvalue weighted by molar-refractivity contribution is -0.120. The summed E-state index contributed by atoms with van der Waals surface area (Å²) in [6.07, 6.45) is 5.27. The van der Waals surface area contributed by atoms with E-state index in [0.717, 1.165) is 16.7 Å². The first-order valence-corrected chi connectivity index (χ1v) is 10.7. The summed E-state index contributed by atoms with van der Waals surface area (Å²) >= 11 is 12.2. The molecule has 0 saturated heterocycles. The molecule has 7 nitrogen and oxygen atoms in total. The Morgan fingerprint density at radius 2 is 1.78 bits per heavy atom. The number of aromatic amines is 1. The van der Waals surface area contributed by atoms with Crippen LogP contribution in [0, 0.1) is 6.92 Å². The van der Waals surface area contributed by atoms with Gasteiger partial charge in [-0.25, -0.2) is 4.98 Å². The van der Waals surface area contributed by atoms with Crippen molar-refractivity contribution < 1.29 is 9.59 Å². The fourth-order valence-electron chi connectivity index (χ4n) is 3.44. The first-order chi connectivity index (χ1) is 15.4. The van der Waals surface area contributed by atoms with Crippen LogP contribution in [0.15, 0.2) is 55.0 Å². The van der Waals surface area contributed by atoms with Crippen LogP contribution in [0.25, 0.3) is 5.65 Å². The van der Waals surface area contributed by atoms with Crippen LogP contribution in [0.4, 0.5) is 0 Å². The molecule has 0 bridgehead atoms. The molecule has 3 N–H and O–H groups in total. The van der Waals surface area contributed by atoms with E-state index in [0.29, 0.717) is 40.2 Å². The van der Waals surface area contributed by atoms with Gasteiger partial charge in [0.15, 0.2) is 5.65 Å². The molecule has 0 aliphatic heterocycles. The summed E-state index contributed by atoms with van der Waals surface area (Å²) in [5.41, 5.74) is 4.43. The van der Waals surface area contributed by atoms with Crippen LogP contribution in [0.5, 0.6) is 0 Å². The third kappa shape index (κ3) is 4.95. The quantitative estimate of drug-likeness (QED) is 0.381. The molecule has 0 saturated carbocycles. The number of aryl methyl sites for hydroxylation is 1. The molecule has 0 fully saturated rings. The second-order valence-electron chi connectivity index (χ2n) is 7.41. The van der Waals surface area contributed by atoms with Crippen LogP contribution >= 0.6 is 23.2 Å². The number of pyridine rings is 1. The first kappa shape index (κ1) is 21.9. The lowest BCUT2D eigenvalue weighted by atomic mass is 10.1. The summed E-state index contributed by atoms with van der Waals surface area (Å²) in [5, 5.41) is 6.75. The molecule has 0 aliphatic carbocycles. The number of nitrogens with one attached hydrogen (secondary N) is 3. The highest BCUT2D eigenvalue weighted by Crippen LogP contribution is 2.22. The smallest absolute Gasteiger partial charge is 0.268 e. The van der Waals surface area contributed by atoms with E-state index in [2.05, 4.69) is 20.6 Å². The van der Waals surface area contributed by atoms with Gasteiger partial charge in [-0.3, -0.25) is 9.59 Å². The van der Waals surface area contributed by atoms with E-state index >= 15 is 0 Å². The average Bonchev–Trinajstić information content (AvgIpc) is 3.37. The van der Waals surface area contributed by atoms with Gasteiger partial charge < -0.3 is 20.0 Å². The molecule has 9 heteroatoms. The van der Waals surface area contributed by atoms with Crippen LogP contribution in [0.3, 0.4) is 0 Å². The third-order valence-electron chi connectivity index (χ3n) is 5.08. The van der Waals surface area contributed by atoms with Gasteiger partial charge >= 0.3 is 0 Å². The number of nitrogens with zero attached hydrogens (tertiary/aromatic N) is 2. The number of hydrogen-bond acceptors (Lipinski definition) is 3. The summed E-state index contributed by atoms with van der Waals surface area (Å²) in [5.74, 6) is -0.339. The Hall–Kier alpha value is -3.29. The van der Waals surface area contributed by atoms with Gasteiger partial charge in [0.25, 0.3) is 5.91 Å². The van der Waals surface area contributed by atoms with Crippen LogP contribution in [-0.4, -0.2) is 26.2 Å². The Morgan fingerprint density at radius 3 is 2.47 bits per heavy atom. The first-order valence-electron chi connectivity index (χ1n) is 9.99. The van der Waals surface area contributed by atoms with E-state index < -0.39 is 0 Å². The van der Waals surface area contributed by atoms with Gasteiger partial charge in [-0.15, -0.1) is 0 Å². The van der Waals surface area contributed by atoms with Gasteiger partial charge in [-0.1, -0.05) is 47.5 Å². The number of H-pyrrole nitrogens is 1. The Bertz CT molecular complexity index is 1290. The minimum Gasteiger partial charge on any atom is -0.357 e. The minimum absolute atomic E-state index is 0.112. The van der Waals surface area contributed by atoms with Gasteiger partial charge in [0.05, 0.1) is 22.2 Å². The van der Waals surface area contributed by atoms with Gasteiger partial charge in [0.2, 0.25) is 5.91 Å². The summed E-state index contributed by atoms with van der Waals surface area (Å²) < 4.78 is 1.71. The van der Waals surface area contributed by atoms with E-state index in [1.807, 2.05) is 37.3 Å². The molecule has 4 aromatic rings. The molecule has 3 heterocycles. The van der Waals surface area contributed by atoms with E-state index in [1.54, 1.807) is 29.1 Å². The number of halogens is 2. The number of fused-ring (bicyclic) bond motifs is 1. The van der Waals surface area contributed by atoms with Crippen molar-refractivity contribution in [3.8, 4) is 0 Å². The van der Waals surface area contributed by atoms with Gasteiger partial charge in [0.1, 0.15) is 5.69 Å². The monoisotopic (exact) mass is 469 g/mol. The van der Waals surface area contributed by atoms with Crippen molar-refractivity contribution in [3.63, 3.8) is 0 Å². The molecule has 0 radical (unpaired) electrons. The molecule has 3 aromatic heterocycles. The molecular formula is C23H21Cl2N5O2. The normalized spacial score (nSPS) is 11.0. The molecule has 32 heavy (non-hydrogen) atoms. The molecule has 1 aromatic carbocycles. The number of amides is 2. The number of imidazole rings is 1. The second-order valence-corrected chi connectivity index (χ2v) is 8.25. The predicted molar refractivity (Wildman–Crippen MR) is 124 cm³/mol. The maximum absolute atomic E-state index is 12.5. The van der Waals surface area contributed by atoms with Crippen molar-refractivity contribution in [2.45, 2.75) is 26.4 Å². The molecule has 164 valence electrons. The summed E-state index contributed by atoms with van der Waals surface area (Å²) in [6.45, 7) is 2.57. The highest BCUT2D eigenvalue weighted by molar-refractivity contribution is 6.36. The summed E-state index contributed by atoms with van der Waals surface area (Å²) in [7, 11) is 0. The van der Waals surface area contributed by atoms with E-state index in [-0.39, 0.29) is 18.2 Å². The van der Waals surface area contributed by atoms with Crippen molar-refractivity contribution >= 4 is 40.7 Å². The van der Waals surface area contributed by atoms with Crippen molar-refractivity contribution in [1.29, 1.82) is 0 Å². The predicted octanol–water partition coefficient (Wildman–Crippen LogP) is 4.07. The fraction of sp³-hybridized carbons (Fsp3) is 0.174. The molecule has 0 spiro atoms. The Balaban J connectivity index is 1.36. The van der Waals surface area contributed by atoms with Crippen molar-refractivity contribution in [1.82, 2.24) is 25.0 Å². The molecule has 0 aliphatic rings. The van der Waals surface area contributed by atoms with Crippen LogP contribution < -0.4 is 10.6 Å².